The van der Waals surface area contributed by atoms with Gasteiger partial charge in [0.1, 0.15) is 5.82 Å². The van der Waals surface area contributed by atoms with Gasteiger partial charge in [-0.05, 0) is 47.9 Å². The van der Waals surface area contributed by atoms with Crippen molar-refractivity contribution >= 4 is 33.8 Å². The summed E-state index contributed by atoms with van der Waals surface area (Å²) in [5.41, 5.74) is 3.65. The Morgan fingerprint density at radius 1 is 1.03 bits per heavy atom. The lowest BCUT2D eigenvalue weighted by atomic mass is 9.98. The van der Waals surface area contributed by atoms with E-state index in [-0.39, 0.29) is 17.3 Å². The van der Waals surface area contributed by atoms with Crippen LogP contribution in [0.2, 0.25) is 0 Å². The van der Waals surface area contributed by atoms with E-state index in [9.17, 15) is 14.0 Å². The van der Waals surface area contributed by atoms with Crippen LogP contribution in [0, 0.1) is 5.82 Å². The second-order valence-corrected chi connectivity index (χ2v) is 9.17. The predicted molar refractivity (Wildman–Crippen MR) is 146 cm³/mol. The normalized spacial score (nSPS) is 11.2. The van der Waals surface area contributed by atoms with Crippen molar-refractivity contribution < 1.29 is 13.9 Å². The molecule has 194 valence electrons. The summed E-state index contributed by atoms with van der Waals surface area (Å²) in [7, 11) is 0. The van der Waals surface area contributed by atoms with Crippen LogP contribution in [0.1, 0.15) is 43.9 Å². The Kier molecular flexibility index (Phi) is 7.44. The molecule has 3 N–H and O–H groups in total. The van der Waals surface area contributed by atoms with Gasteiger partial charge in [-0.2, -0.15) is 5.10 Å². The predicted octanol–water partition coefficient (Wildman–Crippen LogP) is 6.33. The number of imidazole rings is 1. The number of rotatable bonds is 9. The van der Waals surface area contributed by atoms with Gasteiger partial charge in [-0.1, -0.05) is 56.5 Å². The molecule has 2 aromatic heterocycles. The van der Waals surface area contributed by atoms with Crippen molar-refractivity contribution in [2.75, 3.05) is 11.9 Å². The van der Waals surface area contributed by atoms with Crippen molar-refractivity contribution in [3.8, 4) is 11.1 Å². The average Bonchev–Trinajstić information content (AvgIpc) is 3.32. The topological polar surface area (TPSA) is 113 Å². The van der Waals surface area contributed by atoms with E-state index in [2.05, 4.69) is 32.4 Å². The number of carbonyl (C=O) groups excluding carboxylic acids is 1. The summed E-state index contributed by atoms with van der Waals surface area (Å²) in [6.07, 6.45) is 3.93. The SMILES string of the molecule is CCCCCCOC(=O)Nc1nc2cc(-c3cc(Cc4n[nH]c(=O)c5ccccc45)ccc3F)ccc2[nH]1. The Hall–Kier alpha value is -4.53. The van der Waals surface area contributed by atoms with Gasteiger partial charge in [0.05, 0.1) is 28.7 Å². The zero-order chi connectivity index (χ0) is 26.5. The third kappa shape index (κ3) is 5.56. The van der Waals surface area contributed by atoms with Gasteiger partial charge in [0.2, 0.25) is 5.95 Å². The summed E-state index contributed by atoms with van der Waals surface area (Å²) in [6.45, 7) is 2.48. The molecule has 3 aromatic carbocycles. The maximum absolute atomic E-state index is 14.9. The maximum atomic E-state index is 14.9. The van der Waals surface area contributed by atoms with Gasteiger partial charge >= 0.3 is 6.09 Å². The Morgan fingerprint density at radius 3 is 2.71 bits per heavy atom. The highest BCUT2D eigenvalue weighted by molar-refractivity contribution is 5.88. The zero-order valence-electron chi connectivity index (χ0n) is 21.0. The van der Waals surface area contributed by atoms with E-state index in [1.165, 1.54) is 6.07 Å². The zero-order valence-corrected chi connectivity index (χ0v) is 21.0. The Bertz CT molecular complexity index is 1660. The fourth-order valence-corrected chi connectivity index (χ4v) is 4.46. The molecule has 0 spiro atoms. The molecule has 0 saturated carbocycles. The molecule has 0 bridgehead atoms. The smallest absolute Gasteiger partial charge is 0.413 e. The van der Waals surface area contributed by atoms with Crippen molar-refractivity contribution in [3.63, 3.8) is 0 Å². The molecule has 8 nitrogen and oxygen atoms in total. The minimum absolute atomic E-state index is 0.245. The molecular weight excluding hydrogens is 485 g/mol. The lowest BCUT2D eigenvalue weighted by Gasteiger charge is -2.09. The number of benzene rings is 3. The molecule has 0 saturated heterocycles. The molecule has 0 unspecified atom stereocenters. The lowest BCUT2D eigenvalue weighted by molar-refractivity contribution is 0.159. The van der Waals surface area contributed by atoms with Crippen molar-refractivity contribution in [1.82, 2.24) is 20.2 Å². The van der Waals surface area contributed by atoms with Crippen LogP contribution in [0.3, 0.4) is 0 Å². The average molecular weight is 514 g/mol. The minimum Gasteiger partial charge on any atom is -0.449 e. The van der Waals surface area contributed by atoms with Crippen LogP contribution < -0.4 is 10.9 Å². The summed E-state index contributed by atoms with van der Waals surface area (Å²) in [5.74, 6) is -0.103. The molecule has 5 rings (SSSR count). The monoisotopic (exact) mass is 513 g/mol. The number of ether oxygens (including phenoxy) is 1. The van der Waals surface area contributed by atoms with E-state index >= 15 is 0 Å². The Balaban J connectivity index is 1.34. The second kappa shape index (κ2) is 11.2. The van der Waals surface area contributed by atoms with Crippen molar-refractivity contribution in [2.24, 2.45) is 0 Å². The molecule has 2 heterocycles. The number of carbonyl (C=O) groups is 1. The van der Waals surface area contributed by atoms with E-state index in [0.717, 1.165) is 36.6 Å². The first-order chi connectivity index (χ1) is 18.5. The van der Waals surface area contributed by atoms with E-state index in [1.54, 1.807) is 42.5 Å². The van der Waals surface area contributed by atoms with Gasteiger partial charge in [0.15, 0.2) is 0 Å². The summed E-state index contributed by atoms with van der Waals surface area (Å²) in [5, 5.41) is 10.7. The van der Waals surface area contributed by atoms with Crippen LogP contribution in [0.15, 0.2) is 65.5 Å². The molecular formula is C29H28FN5O3. The number of fused-ring (bicyclic) bond motifs is 2. The van der Waals surface area contributed by atoms with Crippen LogP contribution in [-0.4, -0.2) is 32.9 Å². The van der Waals surface area contributed by atoms with Gasteiger partial charge in [0.25, 0.3) is 5.56 Å². The molecule has 1 amide bonds. The molecule has 38 heavy (non-hydrogen) atoms. The molecule has 9 heteroatoms. The number of amides is 1. The van der Waals surface area contributed by atoms with Crippen molar-refractivity contribution in [2.45, 2.75) is 39.0 Å². The van der Waals surface area contributed by atoms with Gasteiger partial charge in [-0.25, -0.2) is 19.3 Å². The number of H-pyrrole nitrogens is 2. The van der Waals surface area contributed by atoms with Crippen LogP contribution in [0.4, 0.5) is 15.1 Å². The van der Waals surface area contributed by atoms with Crippen LogP contribution >= 0.6 is 0 Å². The highest BCUT2D eigenvalue weighted by Gasteiger charge is 2.13. The summed E-state index contributed by atoms with van der Waals surface area (Å²) >= 11 is 0. The lowest BCUT2D eigenvalue weighted by Crippen LogP contribution is -2.15. The summed E-state index contributed by atoms with van der Waals surface area (Å²) in [4.78, 5) is 31.7. The number of aromatic amines is 2. The highest BCUT2D eigenvalue weighted by Crippen LogP contribution is 2.28. The molecule has 0 aliphatic carbocycles. The number of nitrogens with one attached hydrogen (secondary N) is 3. The van der Waals surface area contributed by atoms with E-state index < -0.39 is 6.09 Å². The summed E-state index contributed by atoms with van der Waals surface area (Å²) in [6, 6.07) is 17.6. The molecule has 0 radical (unpaired) electrons. The van der Waals surface area contributed by atoms with Crippen LogP contribution in [0.5, 0.6) is 0 Å². The highest BCUT2D eigenvalue weighted by atomic mass is 19.1. The third-order valence-electron chi connectivity index (χ3n) is 6.42. The maximum Gasteiger partial charge on any atom is 0.413 e. The number of hydrogen-bond acceptors (Lipinski definition) is 5. The van der Waals surface area contributed by atoms with E-state index in [0.29, 0.717) is 46.3 Å². The first kappa shape index (κ1) is 25.1. The number of halogens is 1. The molecule has 0 fully saturated rings. The quantitative estimate of drug-likeness (QED) is 0.200. The van der Waals surface area contributed by atoms with Gasteiger partial charge in [-0.3, -0.25) is 10.1 Å². The van der Waals surface area contributed by atoms with Gasteiger partial charge in [0, 0.05) is 17.4 Å². The number of anilines is 1. The standard InChI is InChI=1S/C29H28FN5O3/c1-2-3-4-7-14-38-29(37)33-28-31-24-13-11-19(17-26(24)32-28)22-15-18(10-12-23(22)30)16-25-20-8-5-6-9-21(20)27(36)35-34-25/h5-6,8-13,15,17H,2-4,7,14,16H2,1H3,(H,35,36)(H2,31,32,33,37). The third-order valence-corrected chi connectivity index (χ3v) is 6.42. The van der Waals surface area contributed by atoms with E-state index in [1.807, 2.05) is 12.1 Å². The fraction of sp³-hybridized carbons (Fsp3) is 0.241. The molecule has 0 aliphatic heterocycles. The molecule has 0 aliphatic rings. The number of unbranched alkanes of at least 4 members (excludes halogenated alkanes) is 3. The first-order valence-electron chi connectivity index (χ1n) is 12.7. The number of aromatic nitrogens is 4. The minimum atomic E-state index is -0.567. The first-order valence-corrected chi connectivity index (χ1v) is 12.7. The Labute approximate surface area is 218 Å². The van der Waals surface area contributed by atoms with Crippen LogP contribution in [-0.2, 0) is 11.2 Å². The largest absolute Gasteiger partial charge is 0.449 e. The molecule has 5 aromatic rings. The van der Waals surface area contributed by atoms with Crippen molar-refractivity contribution in [1.29, 1.82) is 0 Å². The summed E-state index contributed by atoms with van der Waals surface area (Å²) < 4.78 is 20.1. The van der Waals surface area contributed by atoms with Gasteiger partial charge in [-0.15, -0.1) is 0 Å². The number of nitrogens with zero attached hydrogens (tertiary/aromatic N) is 2. The van der Waals surface area contributed by atoms with Crippen LogP contribution in [0.25, 0.3) is 32.9 Å². The van der Waals surface area contributed by atoms with E-state index in [4.69, 9.17) is 4.74 Å². The molecule has 0 atom stereocenters. The second-order valence-electron chi connectivity index (χ2n) is 9.17. The number of hydrogen-bond donors (Lipinski definition) is 3. The Morgan fingerprint density at radius 2 is 1.87 bits per heavy atom. The van der Waals surface area contributed by atoms with Crippen molar-refractivity contribution in [3.05, 3.63) is 88.1 Å². The van der Waals surface area contributed by atoms with Gasteiger partial charge < -0.3 is 9.72 Å². The fourth-order valence-electron chi connectivity index (χ4n) is 4.46.